The summed E-state index contributed by atoms with van der Waals surface area (Å²) in [4.78, 5) is 0. The molecule has 0 saturated carbocycles. The molecule has 118 valence electrons. The Balaban J connectivity index is 1.80. The van der Waals surface area contributed by atoms with Crippen molar-refractivity contribution in [3.05, 3.63) is 40.6 Å². The minimum atomic E-state index is 0.299. The fourth-order valence-corrected chi connectivity index (χ4v) is 3.16. The van der Waals surface area contributed by atoms with E-state index >= 15 is 0 Å². The molecule has 1 N–H and O–H groups in total. The summed E-state index contributed by atoms with van der Waals surface area (Å²) in [7, 11) is 3.59. The number of ether oxygens (including phenoxy) is 2. The van der Waals surface area contributed by atoms with Gasteiger partial charge < -0.3 is 14.8 Å². The van der Waals surface area contributed by atoms with Crippen LogP contribution in [-0.2, 0) is 13.6 Å². The van der Waals surface area contributed by atoms with E-state index in [4.69, 9.17) is 9.47 Å². The van der Waals surface area contributed by atoms with E-state index < -0.39 is 0 Å². The Morgan fingerprint density at radius 3 is 3.00 bits per heavy atom. The van der Waals surface area contributed by atoms with Gasteiger partial charge in [0.2, 0.25) is 5.88 Å². The van der Waals surface area contributed by atoms with Crippen molar-refractivity contribution in [1.82, 2.24) is 15.1 Å². The van der Waals surface area contributed by atoms with E-state index in [-0.39, 0.29) is 0 Å². The van der Waals surface area contributed by atoms with Gasteiger partial charge in [0.25, 0.3) is 0 Å². The highest BCUT2D eigenvalue weighted by Crippen LogP contribution is 2.35. The van der Waals surface area contributed by atoms with E-state index in [1.165, 1.54) is 11.1 Å². The largest absolute Gasteiger partial charge is 0.493 e. The minimum Gasteiger partial charge on any atom is -0.493 e. The summed E-state index contributed by atoms with van der Waals surface area (Å²) < 4.78 is 13.1. The van der Waals surface area contributed by atoms with Crippen LogP contribution in [0.25, 0.3) is 0 Å². The van der Waals surface area contributed by atoms with Crippen molar-refractivity contribution in [2.45, 2.75) is 32.9 Å². The van der Waals surface area contributed by atoms with Crippen molar-refractivity contribution in [2.24, 2.45) is 7.05 Å². The molecule has 2 heterocycles. The molecule has 1 aliphatic heterocycles. The number of aromatic nitrogens is 2. The molecule has 5 nitrogen and oxygen atoms in total. The van der Waals surface area contributed by atoms with E-state index in [1.54, 1.807) is 11.8 Å². The van der Waals surface area contributed by atoms with Gasteiger partial charge in [-0.25, -0.2) is 4.68 Å². The lowest BCUT2D eigenvalue weighted by atomic mass is 9.98. The summed E-state index contributed by atoms with van der Waals surface area (Å²) >= 11 is 0. The summed E-state index contributed by atoms with van der Waals surface area (Å²) in [6.45, 7) is 5.59. The maximum Gasteiger partial charge on any atom is 0.216 e. The maximum absolute atomic E-state index is 5.83. The summed E-state index contributed by atoms with van der Waals surface area (Å²) in [5.74, 6) is 1.85. The average Bonchev–Trinajstić information content (AvgIpc) is 2.78. The number of rotatable bonds is 4. The lowest BCUT2D eigenvalue weighted by Crippen LogP contribution is -2.27. The molecule has 3 rings (SSSR count). The molecular weight excluding hydrogens is 278 g/mol. The van der Waals surface area contributed by atoms with E-state index in [0.29, 0.717) is 6.04 Å². The van der Waals surface area contributed by atoms with Gasteiger partial charge in [-0.05, 0) is 19.4 Å². The summed E-state index contributed by atoms with van der Waals surface area (Å²) in [6.07, 6.45) is 0.970. The van der Waals surface area contributed by atoms with Crippen LogP contribution in [0.15, 0.2) is 18.2 Å². The topological polar surface area (TPSA) is 48.3 Å². The van der Waals surface area contributed by atoms with E-state index in [2.05, 4.69) is 35.5 Å². The SMILES string of the molecule is COc1c(CN[C@H]2CCOc3c(C)cccc32)c(C)nn1C. The van der Waals surface area contributed by atoms with Crippen LogP contribution in [0, 0.1) is 13.8 Å². The van der Waals surface area contributed by atoms with Gasteiger partial charge in [-0.15, -0.1) is 0 Å². The number of aryl methyl sites for hydroxylation is 3. The predicted octanol–water partition coefficient (Wildman–Crippen LogP) is 2.66. The molecule has 1 aromatic heterocycles. The second-order valence-electron chi connectivity index (χ2n) is 5.76. The molecule has 5 heteroatoms. The second-order valence-corrected chi connectivity index (χ2v) is 5.76. The predicted molar refractivity (Wildman–Crippen MR) is 85.4 cm³/mol. The van der Waals surface area contributed by atoms with Crippen molar-refractivity contribution in [2.75, 3.05) is 13.7 Å². The summed E-state index contributed by atoms with van der Waals surface area (Å²) in [5, 5.41) is 8.07. The maximum atomic E-state index is 5.83. The number of benzene rings is 1. The van der Waals surface area contributed by atoms with Crippen molar-refractivity contribution < 1.29 is 9.47 Å². The van der Waals surface area contributed by atoms with Crippen LogP contribution in [-0.4, -0.2) is 23.5 Å². The van der Waals surface area contributed by atoms with Crippen molar-refractivity contribution >= 4 is 0 Å². The summed E-state index contributed by atoms with van der Waals surface area (Å²) in [6, 6.07) is 6.63. The Kier molecular flexibility index (Phi) is 4.07. The van der Waals surface area contributed by atoms with Crippen LogP contribution in [0.4, 0.5) is 0 Å². The quantitative estimate of drug-likeness (QED) is 0.943. The zero-order chi connectivity index (χ0) is 15.7. The van der Waals surface area contributed by atoms with Crippen LogP contribution < -0.4 is 14.8 Å². The first-order valence-corrected chi connectivity index (χ1v) is 7.64. The van der Waals surface area contributed by atoms with Gasteiger partial charge in [-0.1, -0.05) is 18.2 Å². The van der Waals surface area contributed by atoms with Crippen molar-refractivity contribution in [3.8, 4) is 11.6 Å². The first-order valence-electron chi connectivity index (χ1n) is 7.64. The fourth-order valence-electron chi connectivity index (χ4n) is 3.16. The Morgan fingerprint density at radius 1 is 1.41 bits per heavy atom. The number of fused-ring (bicyclic) bond motifs is 1. The minimum absolute atomic E-state index is 0.299. The Morgan fingerprint density at radius 2 is 2.23 bits per heavy atom. The smallest absolute Gasteiger partial charge is 0.216 e. The third-order valence-corrected chi connectivity index (χ3v) is 4.28. The molecular formula is C17H23N3O2. The highest BCUT2D eigenvalue weighted by atomic mass is 16.5. The molecule has 0 unspecified atom stereocenters. The molecule has 1 aromatic carbocycles. The normalized spacial score (nSPS) is 17.0. The highest BCUT2D eigenvalue weighted by molar-refractivity contribution is 5.44. The molecule has 0 radical (unpaired) electrons. The number of para-hydroxylation sites is 1. The molecule has 22 heavy (non-hydrogen) atoms. The fraction of sp³-hybridized carbons (Fsp3) is 0.471. The van der Waals surface area contributed by atoms with Crippen LogP contribution in [0.5, 0.6) is 11.6 Å². The van der Waals surface area contributed by atoms with Crippen molar-refractivity contribution in [1.29, 1.82) is 0 Å². The first kappa shape index (κ1) is 14.9. The Bertz CT molecular complexity index is 679. The monoisotopic (exact) mass is 301 g/mol. The number of hydrogen-bond acceptors (Lipinski definition) is 4. The highest BCUT2D eigenvalue weighted by Gasteiger charge is 2.23. The number of nitrogens with zero attached hydrogens (tertiary/aromatic N) is 2. The lowest BCUT2D eigenvalue weighted by molar-refractivity contribution is 0.250. The second kappa shape index (κ2) is 6.01. The average molecular weight is 301 g/mol. The molecule has 0 saturated heterocycles. The van der Waals surface area contributed by atoms with Gasteiger partial charge in [0.15, 0.2) is 0 Å². The Hall–Kier alpha value is -2.01. The molecule has 2 aromatic rings. The van der Waals surface area contributed by atoms with Gasteiger partial charge in [0, 0.05) is 31.6 Å². The zero-order valence-corrected chi connectivity index (χ0v) is 13.6. The van der Waals surface area contributed by atoms with Crippen molar-refractivity contribution in [3.63, 3.8) is 0 Å². The van der Waals surface area contributed by atoms with Gasteiger partial charge >= 0.3 is 0 Å². The molecule has 0 fully saturated rings. The lowest BCUT2D eigenvalue weighted by Gasteiger charge is -2.28. The first-order chi connectivity index (χ1) is 10.6. The van der Waals surface area contributed by atoms with Crippen LogP contribution >= 0.6 is 0 Å². The van der Waals surface area contributed by atoms with Gasteiger partial charge in [0.05, 0.1) is 25.0 Å². The molecule has 0 bridgehead atoms. The van der Waals surface area contributed by atoms with E-state index in [1.807, 2.05) is 14.0 Å². The van der Waals surface area contributed by atoms with E-state index in [9.17, 15) is 0 Å². The molecule has 0 aliphatic carbocycles. The molecule has 1 atom stereocenters. The number of methoxy groups -OCH3 is 1. The third kappa shape index (κ3) is 2.57. The number of hydrogen-bond donors (Lipinski definition) is 1. The number of nitrogens with one attached hydrogen (secondary N) is 1. The van der Waals surface area contributed by atoms with Gasteiger partial charge in [-0.2, -0.15) is 5.10 Å². The Labute approximate surface area is 131 Å². The van der Waals surface area contributed by atoms with E-state index in [0.717, 1.165) is 42.5 Å². The zero-order valence-electron chi connectivity index (χ0n) is 13.6. The van der Waals surface area contributed by atoms with Crippen LogP contribution in [0.1, 0.15) is 34.8 Å². The standard InChI is InChI=1S/C17H23N3O2/c1-11-6-5-7-13-15(8-9-22-16(11)13)18-10-14-12(2)19-20(3)17(14)21-4/h5-7,15,18H,8-10H2,1-4H3/t15-/m0/s1. The van der Waals surface area contributed by atoms with Crippen LogP contribution in [0.3, 0.4) is 0 Å². The van der Waals surface area contributed by atoms with Crippen LogP contribution in [0.2, 0.25) is 0 Å². The third-order valence-electron chi connectivity index (χ3n) is 4.28. The molecule has 0 spiro atoms. The van der Waals surface area contributed by atoms with Gasteiger partial charge in [-0.3, -0.25) is 0 Å². The van der Waals surface area contributed by atoms with Gasteiger partial charge in [0.1, 0.15) is 5.75 Å². The summed E-state index contributed by atoms with van der Waals surface area (Å²) in [5.41, 5.74) is 4.56. The molecule has 1 aliphatic rings. The molecule has 0 amide bonds.